The van der Waals surface area contributed by atoms with Crippen molar-refractivity contribution in [3.05, 3.63) is 35.7 Å². The van der Waals surface area contributed by atoms with Gasteiger partial charge >= 0.3 is 0 Å². The van der Waals surface area contributed by atoms with Gasteiger partial charge in [0.1, 0.15) is 11.6 Å². The Bertz CT molecular complexity index is 594. The molecule has 8 heteroatoms. The van der Waals surface area contributed by atoms with E-state index in [9.17, 15) is 13.2 Å². The fourth-order valence-electron chi connectivity index (χ4n) is 1.43. The van der Waals surface area contributed by atoms with Crippen molar-refractivity contribution in [2.24, 2.45) is 0 Å². The maximum atomic E-state index is 13.0. The summed E-state index contributed by atoms with van der Waals surface area (Å²) in [6, 6.07) is 3.11. The Hall–Kier alpha value is -2.51. The standard InChI is InChI=1S/C11H10F3N5/c1-16-8-4-9(19-11(15)18-8)17-5-2-6(12)10(14)7(13)3-5/h2-4H,1H3,(H4,15,16,17,18,19). The third-order valence-electron chi connectivity index (χ3n) is 2.26. The molecule has 0 amide bonds. The third kappa shape index (κ3) is 2.84. The maximum Gasteiger partial charge on any atom is 0.223 e. The number of nitrogens with two attached hydrogens (primary N) is 1. The van der Waals surface area contributed by atoms with Gasteiger partial charge in [-0.1, -0.05) is 0 Å². The van der Waals surface area contributed by atoms with Gasteiger partial charge in [0.15, 0.2) is 17.5 Å². The van der Waals surface area contributed by atoms with Crippen molar-refractivity contribution in [3.63, 3.8) is 0 Å². The highest BCUT2D eigenvalue weighted by Crippen LogP contribution is 2.21. The van der Waals surface area contributed by atoms with Crippen LogP contribution in [0, 0.1) is 17.5 Å². The van der Waals surface area contributed by atoms with Crippen LogP contribution in [0.5, 0.6) is 0 Å². The van der Waals surface area contributed by atoms with Crippen molar-refractivity contribution in [1.82, 2.24) is 9.97 Å². The van der Waals surface area contributed by atoms with Gasteiger partial charge in [-0.2, -0.15) is 9.97 Å². The lowest BCUT2D eigenvalue weighted by Gasteiger charge is -2.08. The summed E-state index contributed by atoms with van der Waals surface area (Å²) in [5.74, 6) is -3.47. The molecular formula is C11H10F3N5. The van der Waals surface area contributed by atoms with Crippen molar-refractivity contribution >= 4 is 23.3 Å². The van der Waals surface area contributed by atoms with E-state index in [1.54, 1.807) is 7.05 Å². The Labute approximate surface area is 106 Å². The first kappa shape index (κ1) is 12.9. The van der Waals surface area contributed by atoms with Crippen LogP contribution in [-0.4, -0.2) is 17.0 Å². The molecule has 2 aromatic rings. The summed E-state index contributed by atoms with van der Waals surface area (Å²) in [4.78, 5) is 7.69. The summed E-state index contributed by atoms with van der Waals surface area (Å²) in [5, 5.41) is 5.36. The lowest BCUT2D eigenvalue weighted by atomic mass is 10.3. The molecule has 0 fully saturated rings. The van der Waals surface area contributed by atoms with Crippen LogP contribution in [0.4, 0.5) is 36.4 Å². The molecule has 4 N–H and O–H groups in total. The zero-order valence-corrected chi connectivity index (χ0v) is 9.84. The normalized spacial score (nSPS) is 10.3. The molecule has 0 unspecified atom stereocenters. The molecule has 0 radical (unpaired) electrons. The average Bonchev–Trinajstić information content (AvgIpc) is 2.35. The molecule has 1 heterocycles. The van der Waals surface area contributed by atoms with E-state index < -0.39 is 17.5 Å². The number of hydrogen-bond donors (Lipinski definition) is 3. The number of hydrogen-bond acceptors (Lipinski definition) is 5. The number of aromatic nitrogens is 2. The first-order valence-electron chi connectivity index (χ1n) is 5.23. The predicted molar refractivity (Wildman–Crippen MR) is 65.6 cm³/mol. The predicted octanol–water partition coefficient (Wildman–Crippen LogP) is 2.26. The van der Waals surface area contributed by atoms with Crippen molar-refractivity contribution in [1.29, 1.82) is 0 Å². The first-order chi connectivity index (χ1) is 8.99. The molecule has 1 aromatic heterocycles. The molecule has 0 spiro atoms. The van der Waals surface area contributed by atoms with Gasteiger partial charge in [-0.25, -0.2) is 13.2 Å². The van der Waals surface area contributed by atoms with E-state index in [1.165, 1.54) is 6.07 Å². The molecule has 2 rings (SSSR count). The molecule has 0 saturated carbocycles. The minimum absolute atomic E-state index is 0.0107. The lowest BCUT2D eigenvalue weighted by Crippen LogP contribution is -2.04. The summed E-state index contributed by atoms with van der Waals surface area (Å²) in [7, 11) is 1.63. The lowest BCUT2D eigenvalue weighted by molar-refractivity contribution is 0.448. The maximum absolute atomic E-state index is 13.0. The van der Waals surface area contributed by atoms with E-state index in [1.807, 2.05) is 0 Å². The molecule has 0 saturated heterocycles. The van der Waals surface area contributed by atoms with Gasteiger partial charge in [-0.05, 0) is 0 Å². The highest BCUT2D eigenvalue weighted by atomic mass is 19.2. The van der Waals surface area contributed by atoms with E-state index in [-0.39, 0.29) is 17.5 Å². The number of anilines is 4. The fourth-order valence-corrected chi connectivity index (χ4v) is 1.43. The summed E-state index contributed by atoms with van der Waals surface area (Å²) in [6.45, 7) is 0. The molecule has 100 valence electrons. The summed E-state index contributed by atoms with van der Waals surface area (Å²) in [5.41, 5.74) is 5.47. The average molecular weight is 269 g/mol. The van der Waals surface area contributed by atoms with Crippen LogP contribution in [0.2, 0.25) is 0 Å². The van der Waals surface area contributed by atoms with Crippen LogP contribution in [0.15, 0.2) is 18.2 Å². The van der Waals surface area contributed by atoms with Crippen LogP contribution in [0.25, 0.3) is 0 Å². The summed E-state index contributed by atoms with van der Waals surface area (Å²) < 4.78 is 38.9. The number of benzene rings is 1. The Kier molecular flexibility index (Phi) is 3.41. The minimum atomic E-state index is -1.52. The largest absolute Gasteiger partial charge is 0.373 e. The molecular weight excluding hydrogens is 259 g/mol. The summed E-state index contributed by atoms with van der Waals surface area (Å²) in [6.07, 6.45) is 0. The van der Waals surface area contributed by atoms with Gasteiger partial charge < -0.3 is 16.4 Å². The monoisotopic (exact) mass is 269 g/mol. The highest BCUT2D eigenvalue weighted by molar-refractivity contribution is 5.60. The molecule has 1 aromatic carbocycles. The number of nitrogen functional groups attached to an aromatic ring is 1. The highest BCUT2D eigenvalue weighted by Gasteiger charge is 2.11. The van der Waals surface area contributed by atoms with E-state index in [4.69, 9.17) is 5.73 Å². The van der Waals surface area contributed by atoms with Crippen molar-refractivity contribution in [2.75, 3.05) is 23.4 Å². The van der Waals surface area contributed by atoms with Gasteiger partial charge in [-0.3, -0.25) is 0 Å². The van der Waals surface area contributed by atoms with E-state index in [0.717, 1.165) is 12.1 Å². The van der Waals surface area contributed by atoms with E-state index >= 15 is 0 Å². The molecule has 0 aliphatic rings. The second-order valence-electron chi connectivity index (χ2n) is 3.63. The number of rotatable bonds is 3. The van der Waals surface area contributed by atoms with E-state index in [0.29, 0.717) is 5.82 Å². The van der Waals surface area contributed by atoms with Gasteiger partial charge in [0.2, 0.25) is 5.95 Å². The van der Waals surface area contributed by atoms with Crippen molar-refractivity contribution in [2.45, 2.75) is 0 Å². The van der Waals surface area contributed by atoms with Gasteiger partial charge in [0.25, 0.3) is 0 Å². The quantitative estimate of drug-likeness (QED) is 0.745. The zero-order valence-electron chi connectivity index (χ0n) is 9.84. The Balaban J connectivity index is 2.33. The van der Waals surface area contributed by atoms with Crippen LogP contribution in [0.1, 0.15) is 0 Å². The third-order valence-corrected chi connectivity index (χ3v) is 2.26. The second-order valence-corrected chi connectivity index (χ2v) is 3.63. The van der Waals surface area contributed by atoms with Gasteiger partial charge in [-0.15, -0.1) is 0 Å². The topological polar surface area (TPSA) is 75.9 Å². The number of halogens is 3. The van der Waals surface area contributed by atoms with Crippen LogP contribution in [0.3, 0.4) is 0 Å². The molecule has 0 atom stereocenters. The van der Waals surface area contributed by atoms with Crippen LogP contribution >= 0.6 is 0 Å². The van der Waals surface area contributed by atoms with Crippen LogP contribution in [-0.2, 0) is 0 Å². The van der Waals surface area contributed by atoms with Gasteiger partial charge in [0, 0.05) is 30.9 Å². The molecule has 0 aliphatic heterocycles. The second kappa shape index (κ2) is 5.01. The molecule has 0 bridgehead atoms. The number of nitrogens with zero attached hydrogens (tertiary/aromatic N) is 2. The summed E-state index contributed by atoms with van der Waals surface area (Å²) >= 11 is 0. The smallest absolute Gasteiger partial charge is 0.223 e. The van der Waals surface area contributed by atoms with E-state index in [2.05, 4.69) is 20.6 Å². The first-order valence-corrected chi connectivity index (χ1v) is 5.23. The zero-order chi connectivity index (χ0) is 14.0. The van der Waals surface area contributed by atoms with Crippen molar-refractivity contribution in [3.8, 4) is 0 Å². The van der Waals surface area contributed by atoms with Crippen LogP contribution < -0.4 is 16.4 Å². The number of nitrogens with one attached hydrogen (secondary N) is 2. The molecule has 5 nitrogen and oxygen atoms in total. The molecule has 0 aliphatic carbocycles. The Morgan fingerprint density at radius 1 is 1.00 bits per heavy atom. The molecule has 19 heavy (non-hydrogen) atoms. The SMILES string of the molecule is CNc1cc(Nc2cc(F)c(F)c(F)c2)nc(N)n1. The Morgan fingerprint density at radius 2 is 1.58 bits per heavy atom. The fraction of sp³-hybridized carbons (Fsp3) is 0.0909. The minimum Gasteiger partial charge on any atom is -0.373 e. The Morgan fingerprint density at radius 3 is 2.16 bits per heavy atom. The van der Waals surface area contributed by atoms with Crippen molar-refractivity contribution < 1.29 is 13.2 Å². The van der Waals surface area contributed by atoms with Gasteiger partial charge in [0.05, 0.1) is 0 Å².